The number of hydrogen-bond donors (Lipinski definition) is 1. The molecule has 1 fully saturated rings. The molecular weight excluding hydrogens is 410 g/mol. The van der Waals surface area contributed by atoms with Crippen molar-refractivity contribution in [2.24, 2.45) is 0 Å². The zero-order valence-corrected chi connectivity index (χ0v) is 18.2. The van der Waals surface area contributed by atoms with Gasteiger partial charge in [0.2, 0.25) is 5.91 Å². The van der Waals surface area contributed by atoms with Gasteiger partial charge in [0.1, 0.15) is 4.32 Å². The number of hydrogen-bond acceptors (Lipinski definition) is 6. The van der Waals surface area contributed by atoms with Crippen molar-refractivity contribution in [2.75, 3.05) is 11.9 Å². The molecule has 146 valence electrons. The van der Waals surface area contributed by atoms with Crippen molar-refractivity contribution in [3.05, 3.63) is 51.4 Å². The maximum atomic E-state index is 12.7. The second kappa shape index (κ2) is 9.45. The van der Waals surface area contributed by atoms with Crippen LogP contribution in [-0.2, 0) is 16.0 Å². The van der Waals surface area contributed by atoms with Crippen LogP contribution < -0.4 is 5.32 Å². The van der Waals surface area contributed by atoms with Gasteiger partial charge in [0.05, 0.1) is 10.6 Å². The predicted molar refractivity (Wildman–Crippen MR) is 120 cm³/mol. The first-order valence-electron chi connectivity index (χ1n) is 9.02. The summed E-state index contributed by atoms with van der Waals surface area (Å²) in [7, 11) is 0. The molecule has 0 unspecified atom stereocenters. The van der Waals surface area contributed by atoms with Crippen molar-refractivity contribution in [3.63, 3.8) is 0 Å². The van der Waals surface area contributed by atoms with Gasteiger partial charge in [-0.1, -0.05) is 55.2 Å². The Morgan fingerprint density at radius 2 is 2.07 bits per heavy atom. The van der Waals surface area contributed by atoms with Gasteiger partial charge in [0, 0.05) is 18.3 Å². The van der Waals surface area contributed by atoms with Gasteiger partial charge < -0.3 is 5.32 Å². The van der Waals surface area contributed by atoms with Crippen molar-refractivity contribution in [1.29, 1.82) is 0 Å². The zero-order chi connectivity index (χ0) is 20.1. The standard InChI is InChI=1S/C20H21N3O2S3/c1-3-14-6-8-15(9-7-14)11-16-18(25)23(20(26)28-16)10-4-5-17(24)22-19-21-13(2)12-27-19/h6-9,11-12H,3-5,10H2,1-2H3,(H,21,22,24). The van der Waals surface area contributed by atoms with Crippen LogP contribution in [0.3, 0.4) is 0 Å². The fourth-order valence-corrected chi connectivity index (χ4v) is 4.70. The Labute approximate surface area is 178 Å². The zero-order valence-electron chi connectivity index (χ0n) is 15.7. The maximum absolute atomic E-state index is 12.7. The first kappa shape index (κ1) is 20.7. The highest BCUT2D eigenvalue weighted by Gasteiger charge is 2.31. The summed E-state index contributed by atoms with van der Waals surface area (Å²) in [4.78, 5) is 31.1. The van der Waals surface area contributed by atoms with Crippen LogP contribution >= 0.6 is 35.3 Å². The number of nitrogens with zero attached hydrogens (tertiary/aromatic N) is 2. The highest BCUT2D eigenvalue weighted by atomic mass is 32.2. The molecule has 0 atom stereocenters. The average Bonchev–Trinajstić information content (AvgIpc) is 3.19. The molecule has 0 saturated carbocycles. The van der Waals surface area contributed by atoms with Crippen molar-refractivity contribution >= 4 is 62.7 Å². The van der Waals surface area contributed by atoms with Gasteiger partial charge >= 0.3 is 0 Å². The molecule has 1 aromatic carbocycles. The number of nitrogens with one attached hydrogen (secondary N) is 1. The summed E-state index contributed by atoms with van der Waals surface area (Å²) in [6, 6.07) is 8.15. The highest BCUT2D eigenvalue weighted by Crippen LogP contribution is 2.32. The van der Waals surface area contributed by atoms with Gasteiger partial charge in [-0.25, -0.2) is 4.98 Å². The van der Waals surface area contributed by atoms with Gasteiger partial charge in [0.25, 0.3) is 5.91 Å². The average molecular weight is 432 g/mol. The molecule has 1 aliphatic rings. The van der Waals surface area contributed by atoms with Crippen LogP contribution in [0.4, 0.5) is 5.13 Å². The van der Waals surface area contributed by atoms with Crippen LogP contribution in [0.1, 0.15) is 36.6 Å². The molecule has 0 bridgehead atoms. The van der Waals surface area contributed by atoms with Gasteiger partial charge in [-0.05, 0) is 37.0 Å². The van der Waals surface area contributed by atoms with Gasteiger partial charge in [-0.15, -0.1) is 11.3 Å². The lowest BCUT2D eigenvalue weighted by molar-refractivity contribution is -0.122. The Kier molecular flexibility index (Phi) is 6.98. The summed E-state index contributed by atoms with van der Waals surface area (Å²) < 4.78 is 0.539. The first-order valence-corrected chi connectivity index (χ1v) is 11.1. The number of thiocarbonyl (C=S) groups is 1. The Hall–Kier alpha value is -2.03. The minimum Gasteiger partial charge on any atom is -0.302 e. The second-order valence-electron chi connectivity index (χ2n) is 6.37. The molecule has 28 heavy (non-hydrogen) atoms. The summed E-state index contributed by atoms with van der Waals surface area (Å²) >= 11 is 8.07. The minimum atomic E-state index is -0.105. The van der Waals surface area contributed by atoms with E-state index in [2.05, 4.69) is 29.4 Å². The van der Waals surface area contributed by atoms with Crippen LogP contribution in [0.5, 0.6) is 0 Å². The van der Waals surface area contributed by atoms with Gasteiger partial charge in [-0.3, -0.25) is 14.5 Å². The molecule has 3 rings (SSSR count). The predicted octanol–water partition coefficient (Wildman–Crippen LogP) is 4.63. The molecule has 1 saturated heterocycles. The van der Waals surface area contributed by atoms with Crippen molar-refractivity contribution in [1.82, 2.24) is 9.88 Å². The summed E-state index contributed by atoms with van der Waals surface area (Å²) in [5.74, 6) is -0.197. The largest absolute Gasteiger partial charge is 0.302 e. The number of thioether (sulfide) groups is 1. The Morgan fingerprint density at radius 3 is 2.71 bits per heavy atom. The number of aromatic nitrogens is 1. The molecule has 1 aliphatic heterocycles. The fraction of sp³-hybridized carbons (Fsp3) is 0.300. The normalized spacial score (nSPS) is 15.5. The van der Waals surface area contributed by atoms with Gasteiger partial charge in [-0.2, -0.15) is 0 Å². The van der Waals surface area contributed by atoms with E-state index in [0.29, 0.717) is 33.7 Å². The third kappa shape index (κ3) is 5.27. The summed E-state index contributed by atoms with van der Waals surface area (Å²) in [6.07, 6.45) is 3.71. The number of thiazole rings is 1. The molecule has 0 spiro atoms. The van der Waals surface area contributed by atoms with E-state index in [1.54, 1.807) is 4.90 Å². The lowest BCUT2D eigenvalue weighted by atomic mass is 10.1. The van der Waals surface area contributed by atoms with E-state index in [9.17, 15) is 9.59 Å². The van der Waals surface area contributed by atoms with E-state index in [0.717, 1.165) is 17.7 Å². The smallest absolute Gasteiger partial charge is 0.266 e. The Morgan fingerprint density at radius 1 is 1.32 bits per heavy atom. The number of carbonyl (C=O) groups is 2. The Bertz CT molecular complexity index is 919. The van der Waals surface area contributed by atoms with E-state index in [-0.39, 0.29) is 11.8 Å². The van der Waals surface area contributed by atoms with Crippen molar-refractivity contribution in [3.8, 4) is 0 Å². The molecule has 8 heteroatoms. The number of carbonyl (C=O) groups excluding carboxylic acids is 2. The lowest BCUT2D eigenvalue weighted by Gasteiger charge is -2.13. The van der Waals surface area contributed by atoms with Gasteiger partial charge in [0.15, 0.2) is 5.13 Å². The number of amides is 2. The third-order valence-electron chi connectivity index (χ3n) is 4.21. The second-order valence-corrected chi connectivity index (χ2v) is 8.91. The molecule has 5 nitrogen and oxygen atoms in total. The van der Waals surface area contributed by atoms with Crippen molar-refractivity contribution < 1.29 is 9.59 Å². The summed E-state index contributed by atoms with van der Waals surface area (Å²) in [5.41, 5.74) is 3.13. The molecule has 2 heterocycles. The van der Waals surface area contributed by atoms with Crippen LogP contribution in [0.15, 0.2) is 34.6 Å². The van der Waals surface area contributed by atoms with Crippen LogP contribution in [0.2, 0.25) is 0 Å². The number of rotatable bonds is 7. The monoisotopic (exact) mass is 431 g/mol. The topological polar surface area (TPSA) is 62.3 Å². The molecule has 0 radical (unpaired) electrons. The number of benzene rings is 1. The van der Waals surface area contributed by atoms with Crippen molar-refractivity contribution in [2.45, 2.75) is 33.1 Å². The lowest BCUT2D eigenvalue weighted by Crippen LogP contribution is -2.29. The molecular formula is C20H21N3O2S3. The number of aryl methyl sites for hydroxylation is 2. The molecule has 0 aliphatic carbocycles. The summed E-state index contributed by atoms with van der Waals surface area (Å²) in [6.45, 7) is 4.42. The maximum Gasteiger partial charge on any atom is 0.266 e. The number of anilines is 1. The quantitative estimate of drug-likeness (QED) is 0.511. The third-order valence-corrected chi connectivity index (χ3v) is 6.46. The SMILES string of the molecule is CCc1ccc(C=C2SC(=S)N(CCCC(=O)Nc3nc(C)cs3)C2=O)cc1. The van der Waals surface area contributed by atoms with Crippen LogP contribution in [0.25, 0.3) is 6.08 Å². The fourth-order valence-electron chi connectivity index (χ4n) is 2.68. The van der Waals surface area contributed by atoms with E-state index in [1.807, 2.05) is 30.5 Å². The van der Waals surface area contributed by atoms with E-state index < -0.39 is 0 Å². The van der Waals surface area contributed by atoms with E-state index in [1.165, 1.54) is 28.7 Å². The minimum absolute atomic E-state index is 0.0921. The highest BCUT2D eigenvalue weighted by molar-refractivity contribution is 8.26. The summed E-state index contributed by atoms with van der Waals surface area (Å²) in [5, 5.41) is 5.27. The molecule has 1 aromatic heterocycles. The van der Waals surface area contributed by atoms with E-state index in [4.69, 9.17) is 12.2 Å². The van der Waals surface area contributed by atoms with E-state index >= 15 is 0 Å². The molecule has 2 aromatic rings. The molecule has 1 N–H and O–H groups in total. The Balaban J connectivity index is 1.53. The first-order chi connectivity index (χ1) is 13.5. The van der Waals surface area contributed by atoms with Crippen LogP contribution in [0, 0.1) is 6.92 Å². The molecule has 2 amide bonds. The van der Waals surface area contributed by atoms with Crippen LogP contribution in [-0.4, -0.2) is 32.6 Å².